The Balaban J connectivity index is 2.13. The van der Waals surface area contributed by atoms with Crippen LogP contribution in [0.2, 0.25) is 10.0 Å². The van der Waals surface area contributed by atoms with Gasteiger partial charge in [0.05, 0.1) is 12.6 Å². The van der Waals surface area contributed by atoms with Crippen LogP contribution in [0.3, 0.4) is 0 Å². The molecule has 0 fully saturated rings. The summed E-state index contributed by atoms with van der Waals surface area (Å²) in [6.07, 6.45) is 0.844. The van der Waals surface area contributed by atoms with Gasteiger partial charge in [-0.2, -0.15) is 0 Å². The minimum Gasteiger partial charge on any atom is -0.493 e. The molecule has 1 heterocycles. The van der Waals surface area contributed by atoms with Crippen molar-refractivity contribution in [1.29, 1.82) is 0 Å². The van der Waals surface area contributed by atoms with E-state index in [1.165, 1.54) is 12.1 Å². The van der Waals surface area contributed by atoms with Crippen molar-refractivity contribution in [2.45, 2.75) is 12.5 Å². The van der Waals surface area contributed by atoms with Crippen LogP contribution >= 0.6 is 23.2 Å². The van der Waals surface area contributed by atoms with Crippen LogP contribution in [0.4, 0.5) is 4.39 Å². The molecule has 2 aromatic rings. The van der Waals surface area contributed by atoms with E-state index < -0.39 is 0 Å². The summed E-state index contributed by atoms with van der Waals surface area (Å²) in [4.78, 5) is 0. The van der Waals surface area contributed by atoms with E-state index in [-0.39, 0.29) is 11.9 Å². The molecule has 1 atom stereocenters. The fraction of sp³-hybridized carbons (Fsp3) is 0.250. The fourth-order valence-electron chi connectivity index (χ4n) is 2.73. The Morgan fingerprint density at radius 2 is 2.00 bits per heavy atom. The van der Waals surface area contributed by atoms with Gasteiger partial charge in [-0.3, -0.25) is 0 Å². The van der Waals surface area contributed by atoms with Gasteiger partial charge in [0, 0.05) is 22.0 Å². The molecule has 2 nitrogen and oxygen atoms in total. The van der Waals surface area contributed by atoms with Crippen molar-refractivity contribution in [1.82, 2.24) is 5.32 Å². The monoisotopic (exact) mass is 325 g/mol. The van der Waals surface area contributed by atoms with Crippen LogP contribution in [0.15, 0.2) is 30.3 Å². The Morgan fingerprint density at radius 1 is 1.19 bits per heavy atom. The number of ether oxygens (including phenoxy) is 1. The summed E-state index contributed by atoms with van der Waals surface area (Å²) in [6, 6.07) is 7.98. The van der Waals surface area contributed by atoms with Crippen molar-refractivity contribution in [2.24, 2.45) is 0 Å². The summed E-state index contributed by atoms with van der Waals surface area (Å²) in [5.41, 5.74) is 2.81. The van der Waals surface area contributed by atoms with E-state index in [9.17, 15) is 4.39 Å². The third-order valence-corrected chi connectivity index (χ3v) is 4.20. The lowest BCUT2D eigenvalue weighted by Crippen LogP contribution is -2.19. The zero-order valence-corrected chi connectivity index (χ0v) is 12.9. The van der Waals surface area contributed by atoms with E-state index in [2.05, 4.69) is 5.32 Å². The molecule has 0 aromatic heterocycles. The van der Waals surface area contributed by atoms with Gasteiger partial charge in [0.1, 0.15) is 11.6 Å². The highest BCUT2D eigenvalue weighted by Crippen LogP contribution is 2.40. The molecule has 110 valence electrons. The molecule has 0 bridgehead atoms. The number of halogens is 3. The van der Waals surface area contributed by atoms with Gasteiger partial charge in [-0.1, -0.05) is 29.3 Å². The highest BCUT2D eigenvalue weighted by Gasteiger charge is 2.25. The molecule has 5 heteroatoms. The van der Waals surface area contributed by atoms with Crippen molar-refractivity contribution in [3.63, 3.8) is 0 Å². The highest BCUT2D eigenvalue weighted by atomic mass is 35.5. The van der Waals surface area contributed by atoms with E-state index in [1.54, 1.807) is 6.07 Å². The molecule has 2 aromatic carbocycles. The standard InChI is InChI=1S/C16H14Cl2FNO/c1-20-15(12-3-2-11(19)8-14(12)18)13-7-10(17)6-9-4-5-21-16(9)13/h2-3,6-8,15,20H,4-5H2,1H3. The molecule has 0 saturated heterocycles. The number of rotatable bonds is 3. The first-order valence-corrected chi connectivity index (χ1v) is 7.43. The van der Waals surface area contributed by atoms with Crippen molar-refractivity contribution in [3.8, 4) is 5.75 Å². The first kappa shape index (κ1) is 14.6. The van der Waals surface area contributed by atoms with Crippen LogP contribution in [-0.2, 0) is 6.42 Å². The first-order chi connectivity index (χ1) is 10.1. The molecule has 0 amide bonds. The highest BCUT2D eigenvalue weighted by molar-refractivity contribution is 6.31. The average Bonchev–Trinajstić information content (AvgIpc) is 2.89. The quantitative estimate of drug-likeness (QED) is 0.904. The van der Waals surface area contributed by atoms with Crippen molar-refractivity contribution < 1.29 is 9.13 Å². The zero-order chi connectivity index (χ0) is 15.0. The van der Waals surface area contributed by atoms with Gasteiger partial charge in [0.15, 0.2) is 0 Å². The number of benzene rings is 2. The first-order valence-electron chi connectivity index (χ1n) is 6.67. The van der Waals surface area contributed by atoms with Crippen LogP contribution in [0.5, 0.6) is 5.75 Å². The van der Waals surface area contributed by atoms with Gasteiger partial charge in [-0.05, 0) is 42.4 Å². The summed E-state index contributed by atoms with van der Waals surface area (Å²) in [7, 11) is 1.83. The second-order valence-corrected chi connectivity index (χ2v) is 5.81. The normalized spacial score (nSPS) is 14.7. The molecule has 0 saturated carbocycles. The van der Waals surface area contributed by atoms with E-state index in [0.29, 0.717) is 16.7 Å². The van der Waals surface area contributed by atoms with Crippen LogP contribution < -0.4 is 10.1 Å². The van der Waals surface area contributed by atoms with Crippen LogP contribution in [-0.4, -0.2) is 13.7 Å². The van der Waals surface area contributed by atoms with Gasteiger partial charge in [-0.15, -0.1) is 0 Å². The molecule has 1 aliphatic heterocycles. The molecule has 3 rings (SSSR count). The number of nitrogens with one attached hydrogen (secondary N) is 1. The summed E-state index contributed by atoms with van der Waals surface area (Å²) in [6.45, 7) is 0.649. The minimum atomic E-state index is -0.355. The molecule has 1 aliphatic rings. The van der Waals surface area contributed by atoms with E-state index in [0.717, 1.165) is 28.9 Å². The topological polar surface area (TPSA) is 21.3 Å². The predicted molar refractivity (Wildman–Crippen MR) is 83.0 cm³/mol. The smallest absolute Gasteiger partial charge is 0.127 e. The van der Waals surface area contributed by atoms with Crippen molar-refractivity contribution in [3.05, 3.63) is 62.9 Å². The summed E-state index contributed by atoms with van der Waals surface area (Å²) >= 11 is 12.4. The number of hydrogen-bond donors (Lipinski definition) is 1. The Morgan fingerprint density at radius 3 is 2.71 bits per heavy atom. The summed E-state index contributed by atoms with van der Waals surface area (Å²) in [5, 5.41) is 4.24. The molecule has 0 aliphatic carbocycles. The number of hydrogen-bond acceptors (Lipinski definition) is 2. The minimum absolute atomic E-state index is 0.205. The van der Waals surface area contributed by atoms with Crippen LogP contribution in [0.1, 0.15) is 22.7 Å². The van der Waals surface area contributed by atoms with E-state index >= 15 is 0 Å². The van der Waals surface area contributed by atoms with Crippen LogP contribution in [0, 0.1) is 5.82 Å². The summed E-state index contributed by atoms with van der Waals surface area (Å²) in [5.74, 6) is 0.491. The molecule has 1 unspecified atom stereocenters. The second-order valence-electron chi connectivity index (χ2n) is 4.97. The van der Waals surface area contributed by atoms with Crippen molar-refractivity contribution in [2.75, 3.05) is 13.7 Å². The molecular formula is C16H14Cl2FNO. The molecule has 21 heavy (non-hydrogen) atoms. The summed E-state index contributed by atoms with van der Waals surface area (Å²) < 4.78 is 19.0. The van der Waals surface area contributed by atoms with Gasteiger partial charge in [0.2, 0.25) is 0 Å². The van der Waals surface area contributed by atoms with Crippen LogP contribution in [0.25, 0.3) is 0 Å². The lowest BCUT2D eigenvalue weighted by atomic mass is 9.96. The average molecular weight is 326 g/mol. The Kier molecular flexibility index (Phi) is 4.07. The lowest BCUT2D eigenvalue weighted by Gasteiger charge is -2.21. The third kappa shape index (κ3) is 2.73. The fourth-order valence-corrected chi connectivity index (χ4v) is 3.25. The largest absolute Gasteiger partial charge is 0.493 e. The third-order valence-electron chi connectivity index (χ3n) is 3.65. The van der Waals surface area contributed by atoms with Crippen molar-refractivity contribution >= 4 is 23.2 Å². The zero-order valence-electron chi connectivity index (χ0n) is 11.4. The van der Waals surface area contributed by atoms with E-state index in [1.807, 2.05) is 19.2 Å². The Bertz CT molecular complexity index is 690. The molecule has 1 N–H and O–H groups in total. The Hall–Kier alpha value is -1.29. The maximum Gasteiger partial charge on any atom is 0.127 e. The lowest BCUT2D eigenvalue weighted by molar-refractivity contribution is 0.351. The molecular weight excluding hydrogens is 312 g/mol. The van der Waals surface area contributed by atoms with Gasteiger partial charge in [0.25, 0.3) is 0 Å². The van der Waals surface area contributed by atoms with Gasteiger partial charge in [-0.25, -0.2) is 4.39 Å². The molecule has 0 radical (unpaired) electrons. The second kappa shape index (κ2) is 5.84. The SMILES string of the molecule is CNC(c1ccc(F)cc1Cl)c1cc(Cl)cc2c1OCC2. The Labute approximate surface area is 132 Å². The maximum absolute atomic E-state index is 13.3. The van der Waals surface area contributed by atoms with Gasteiger partial charge >= 0.3 is 0 Å². The van der Waals surface area contributed by atoms with Gasteiger partial charge < -0.3 is 10.1 Å². The maximum atomic E-state index is 13.3. The van der Waals surface area contributed by atoms with E-state index in [4.69, 9.17) is 27.9 Å². The number of fused-ring (bicyclic) bond motifs is 1. The molecule has 0 spiro atoms. The predicted octanol–water partition coefficient (Wildman–Crippen LogP) is 4.38.